The van der Waals surface area contributed by atoms with Crippen molar-refractivity contribution in [1.29, 1.82) is 0 Å². The number of rotatable bonds is 7. The number of carbonyl (C=O) groups is 1. The maximum atomic E-state index is 12.3. The molecular formula is C23H22ClNO3. The molecule has 3 rings (SSSR count). The molecule has 0 aliphatic carbocycles. The molecule has 0 bridgehead atoms. The summed E-state index contributed by atoms with van der Waals surface area (Å²) in [6, 6.07) is 22.4. The van der Waals surface area contributed by atoms with E-state index in [4.69, 9.17) is 16.3 Å². The predicted molar refractivity (Wildman–Crippen MR) is 112 cm³/mol. The maximum Gasteiger partial charge on any atom is 0.341 e. The van der Waals surface area contributed by atoms with Gasteiger partial charge in [-0.3, -0.25) is 0 Å². The number of nitrogens with one attached hydrogen (secondary N) is 1. The summed E-state index contributed by atoms with van der Waals surface area (Å²) in [6.07, 6.45) is 0.574. The van der Waals surface area contributed by atoms with Crippen molar-refractivity contribution >= 4 is 23.3 Å². The number of phenols is 1. The second kappa shape index (κ2) is 9.29. The average Bonchev–Trinajstić information content (AvgIpc) is 2.71. The van der Waals surface area contributed by atoms with Gasteiger partial charge in [0.1, 0.15) is 11.3 Å². The van der Waals surface area contributed by atoms with Crippen LogP contribution in [0.2, 0.25) is 5.02 Å². The van der Waals surface area contributed by atoms with E-state index in [1.54, 1.807) is 0 Å². The fourth-order valence-electron chi connectivity index (χ4n) is 2.88. The molecule has 4 nitrogen and oxygen atoms in total. The lowest BCUT2D eigenvalue weighted by atomic mass is 10.0. The van der Waals surface area contributed by atoms with Crippen LogP contribution in [-0.4, -0.2) is 17.7 Å². The summed E-state index contributed by atoms with van der Waals surface area (Å²) in [5.74, 6) is -0.742. The van der Waals surface area contributed by atoms with Crippen molar-refractivity contribution < 1.29 is 14.6 Å². The largest absolute Gasteiger partial charge is 0.507 e. The van der Waals surface area contributed by atoms with E-state index < -0.39 is 5.97 Å². The molecule has 28 heavy (non-hydrogen) atoms. The lowest BCUT2D eigenvalue weighted by molar-refractivity contribution is 0.0492. The Kier molecular flexibility index (Phi) is 6.56. The van der Waals surface area contributed by atoms with E-state index in [2.05, 4.69) is 5.32 Å². The average molecular weight is 396 g/mol. The van der Waals surface area contributed by atoms with Gasteiger partial charge in [0.05, 0.1) is 12.6 Å². The van der Waals surface area contributed by atoms with Gasteiger partial charge in [-0.2, -0.15) is 0 Å². The smallest absolute Gasteiger partial charge is 0.341 e. The number of hydrogen-bond acceptors (Lipinski definition) is 4. The quantitative estimate of drug-likeness (QED) is 0.500. The van der Waals surface area contributed by atoms with Crippen LogP contribution in [0.1, 0.15) is 33.9 Å². The molecule has 2 N–H and O–H groups in total. The maximum absolute atomic E-state index is 12.3. The number of aryl methyl sites for hydroxylation is 1. The first-order chi connectivity index (χ1) is 13.5. The zero-order valence-electron chi connectivity index (χ0n) is 15.6. The standard InChI is InChI=1S/C23H22ClNO3/c1-16-7-10-19(11-8-16)25-21(17-5-3-2-4-6-17)13-14-28-23(27)20-15-18(24)9-12-22(20)26/h2-12,15,21,25-26H,13-14H2,1H3/t21-/m1/s1. The SMILES string of the molecule is Cc1ccc(N[C@H](CCOC(=O)c2cc(Cl)ccc2O)c2ccccc2)cc1. The van der Waals surface area contributed by atoms with Gasteiger partial charge >= 0.3 is 5.97 Å². The summed E-state index contributed by atoms with van der Waals surface area (Å²) >= 11 is 5.90. The highest BCUT2D eigenvalue weighted by Crippen LogP contribution is 2.25. The molecule has 0 spiro atoms. The second-order valence-corrected chi connectivity index (χ2v) is 7.00. The van der Waals surface area contributed by atoms with Crippen LogP contribution in [0.15, 0.2) is 72.8 Å². The third-order valence-electron chi connectivity index (χ3n) is 4.41. The Balaban J connectivity index is 1.67. The number of carbonyl (C=O) groups excluding carboxylic acids is 1. The molecular weight excluding hydrogens is 374 g/mol. The number of halogens is 1. The van der Waals surface area contributed by atoms with Crippen molar-refractivity contribution in [3.63, 3.8) is 0 Å². The lowest BCUT2D eigenvalue weighted by Gasteiger charge is -2.21. The zero-order chi connectivity index (χ0) is 19.9. The van der Waals surface area contributed by atoms with Gasteiger partial charge in [-0.25, -0.2) is 4.79 Å². The van der Waals surface area contributed by atoms with Crippen LogP contribution in [0.4, 0.5) is 5.69 Å². The minimum Gasteiger partial charge on any atom is -0.507 e. The summed E-state index contributed by atoms with van der Waals surface area (Å²) in [7, 11) is 0. The van der Waals surface area contributed by atoms with Crippen LogP contribution >= 0.6 is 11.6 Å². The van der Waals surface area contributed by atoms with Gasteiger partial charge in [-0.05, 0) is 42.8 Å². The second-order valence-electron chi connectivity index (χ2n) is 6.56. The van der Waals surface area contributed by atoms with Gasteiger partial charge in [0.2, 0.25) is 0 Å². The van der Waals surface area contributed by atoms with E-state index >= 15 is 0 Å². The fraction of sp³-hybridized carbons (Fsp3) is 0.174. The van der Waals surface area contributed by atoms with Crippen LogP contribution in [0.5, 0.6) is 5.75 Å². The molecule has 0 heterocycles. The Morgan fingerprint density at radius 3 is 2.50 bits per heavy atom. The number of aromatic hydroxyl groups is 1. The van der Waals surface area contributed by atoms with Gasteiger partial charge in [0.15, 0.2) is 0 Å². The van der Waals surface area contributed by atoms with Gasteiger partial charge in [-0.15, -0.1) is 0 Å². The molecule has 0 aliphatic heterocycles. The van der Waals surface area contributed by atoms with Crippen LogP contribution in [0.3, 0.4) is 0 Å². The minimum atomic E-state index is -0.595. The Morgan fingerprint density at radius 1 is 1.07 bits per heavy atom. The molecule has 5 heteroatoms. The normalized spacial score (nSPS) is 11.6. The highest BCUT2D eigenvalue weighted by atomic mass is 35.5. The van der Waals surface area contributed by atoms with Crippen molar-refractivity contribution in [2.75, 3.05) is 11.9 Å². The van der Waals surface area contributed by atoms with E-state index in [9.17, 15) is 9.90 Å². The van der Waals surface area contributed by atoms with Crippen molar-refractivity contribution in [1.82, 2.24) is 0 Å². The molecule has 0 saturated heterocycles. The number of phenolic OH excluding ortho intramolecular Hbond substituents is 1. The van der Waals surface area contributed by atoms with Gasteiger partial charge in [-0.1, -0.05) is 59.6 Å². The third kappa shape index (κ3) is 5.27. The van der Waals surface area contributed by atoms with E-state index in [-0.39, 0.29) is 24.0 Å². The highest BCUT2D eigenvalue weighted by molar-refractivity contribution is 6.31. The predicted octanol–water partition coefficient (Wildman–Crippen LogP) is 5.75. The number of esters is 1. The molecule has 0 aromatic heterocycles. The monoisotopic (exact) mass is 395 g/mol. The first-order valence-corrected chi connectivity index (χ1v) is 9.44. The summed E-state index contributed by atoms with van der Waals surface area (Å²) in [6.45, 7) is 2.24. The molecule has 0 fully saturated rings. The number of hydrogen-bond donors (Lipinski definition) is 2. The van der Waals surface area contributed by atoms with Crippen LogP contribution < -0.4 is 5.32 Å². The molecule has 0 saturated carbocycles. The van der Waals surface area contributed by atoms with E-state index in [1.165, 1.54) is 23.8 Å². The number of anilines is 1. The summed E-state index contributed by atoms with van der Waals surface area (Å²) in [5, 5.41) is 13.7. The Bertz CT molecular complexity index is 926. The van der Waals surface area contributed by atoms with Crippen LogP contribution in [-0.2, 0) is 4.74 Å². The topological polar surface area (TPSA) is 58.6 Å². The van der Waals surface area contributed by atoms with E-state index in [1.807, 2.05) is 61.5 Å². The van der Waals surface area contributed by atoms with E-state index in [0.717, 1.165) is 11.3 Å². The number of benzene rings is 3. The molecule has 1 atom stereocenters. The van der Waals surface area contributed by atoms with Crippen molar-refractivity contribution in [3.05, 3.63) is 94.5 Å². The third-order valence-corrected chi connectivity index (χ3v) is 4.65. The van der Waals surface area contributed by atoms with E-state index in [0.29, 0.717) is 11.4 Å². The van der Waals surface area contributed by atoms with Crippen molar-refractivity contribution in [2.24, 2.45) is 0 Å². The van der Waals surface area contributed by atoms with Crippen molar-refractivity contribution in [3.8, 4) is 5.75 Å². The molecule has 0 radical (unpaired) electrons. The zero-order valence-corrected chi connectivity index (χ0v) is 16.3. The fourth-order valence-corrected chi connectivity index (χ4v) is 3.05. The lowest BCUT2D eigenvalue weighted by Crippen LogP contribution is -2.15. The summed E-state index contributed by atoms with van der Waals surface area (Å²) in [5.41, 5.74) is 3.36. The van der Waals surface area contributed by atoms with Gasteiger partial charge in [0.25, 0.3) is 0 Å². The minimum absolute atomic E-state index is 0.0235. The highest BCUT2D eigenvalue weighted by Gasteiger charge is 2.16. The first kappa shape index (κ1) is 19.8. The van der Waals surface area contributed by atoms with Crippen LogP contribution in [0, 0.1) is 6.92 Å². The molecule has 144 valence electrons. The summed E-state index contributed by atoms with van der Waals surface area (Å²) < 4.78 is 5.38. The first-order valence-electron chi connectivity index (χ1n) is 9.07. The van der Waals surface area contributed by atoms with Crippen molar-refractivity contribution in [2.45, 2.75) is 19.4 Å². The number of ether oxygens (including phenoxy) is 1. The van der Waals surface area contributed by atoms with Gasteiger partial charge < -0.3 is 15.2 Å². The van der Waals surface area contributed by atoms with Crippen LogP contribution in [0.25, 0.3) is 0 Å². The van der Waals surface area contributed by atoms with Gasteiger partial charge in [0, 0.05) is 17.1 Å². The molecule has 3 aromatic rings. The Morgan fingerprint density at radius 2 is 1.79 bits per heavy atom. The Hall–Kier alpha value is -2.98. The summed E-state index contributed by atoms with van der Waals surface area (Å²) in [4.78, 5) is 12.3. The Labute approximate surface area is 169 Å². The molecule has 0 unspecified atom stereocenters. The molecule has 3 aromatic carbocycles. The molecule has 0 aliphatic rings. The molecule has 0 amide bonds.